The number of esters is 1. The Kier molecular flexibility index (Phi) is 6.37. The zero-order valence-corrected chi connectivity index (χ0v) is 18.5. The van der Waals surface area contributed by atoms with Gasteiger partial charge in [0, 0.05) is 23.6 Å². The predicted octanol–water partition coefficient (Wildman–Crippen LogP) is 4.17. The summed E-state index contributed by atoms with van der Waals surface area (Å²) in [5, 5.41) is 16.6. The summed E-state index contributed by atoms with van der Waals surface area (Å²) in [7, 11) is 0. The Morgan fingerprint density at radius 1 is 1.28 bits per heavy atom. The average Bonchev–Trinajstić information content (AvgIpc) is 3.20. The van der Waals surface area contributed by atoms with Crippen LogP contribution >= 0.6 is 23.1 Å². The first kappa shape index (κ1) is 21.8. The number of thiazole rings is 1. The molecule has 164 valence electrons. The van der Waals surface area contributed by atoms with Crippen LogP contribution in [0, 0.1) is 10.1 Å². The van der Waals surface area contributed by atoms with E-state index in [1.54, 1.807) is 13.0 Å². The fraction of sp³-hybridized carbons (Fsp3) is 0.190. The zero-order chi connectivity index (χ0) is 22.7. The van der Waals surface area contributed by atoms with Gasteiger partial charge in [-0.15, -0.1) is 11.3 Å². The molecule has 32 heavy (non-hydrogen) atoms. The van der Waals surface area contributed by atoms with Crippen LogP contribution in [0.2, 0.25) is 0 Å². The minimum atomic E-state index is -0.881. The van der Waals surface area contributed by atoms with Gasteiger partial charge in [0.1, 0.15) is 0 Å². The second kappa shape index (κ2) is 9.37. The van der Waals surface area contributed by atoms with E-state index < -0.39 is 23.0 Å². The molecule has 0 radical (unpaired) electrons. The van der Waals surface area contributed by atoms with Gasteiger partial charge in [-0.3, -0.25) is 10.1 Å². The molecule has 1 atom stereocenters. The number of fused-ring (bicyclic) bond motifs is 1. The molecule has 0 spiro atoms. The molecule has 1 aromatic heterocycles. The van der Waals surface area contributed by atoms with Crippen LogP contribution in [0.1, 0.15) is 18.5 Å². The smallest absolute Gasteiger partial charge is 0.338 e. The van der Waals surface area contributed by atoms with Crippen LogP contribution in [0.4, 0.5) is 10.5 Å². The quantitative estimate of drug-likeness (QED) is 0.230. The number of benzene rings is 2. The number of urea groups is 1. The number of nitro benzene ring substituents is 1. The van der Waals surface area contributed by atoms with E-state index in [1.165, 1.54) is 41.3 Å². The molecule has 2 aromatic carbocycles. The first-order chi connectivity index (χ1) is 15.5. The number of carbonyl (C=O) groups is 2. The Hall–Kier alpha value is -3.44. The third-order valence-corrected chi connectivity index (χ3v) is 6.88. The molecule has 2 heterocycles. The fourth-order valence-electron chi connectivity index (χ4n) is 3.30. The van der Waals surface area contributed by atoms with Gasteiger partial charge in [0.05, 0.1) is 33.4 Å². The van der Waals surface area contributed by atoms with Crippen molar-refractivity contribution in [3.63, 3.8) is 0 Å². The number of hydrogen-bond donors (Lipinski definition) is 2. The molecule has 1 aliphatic rings. The van der Waals surface area contributed by atoms with E-state index in [9.17, 15) is 19.7 Å². The number of amides is 2. The number of ether oxygens (including phenoxy) is 1. The van der Waals surface area contributed by atoms with E-state index in [0.717, 1.165) is 14.6 Å². The van der Waals surface area contributed by atoms with Crippen LogP contribution in [-0.2, 0) is 9.53 Å². The minimum Gasteiger partial charge on any atom is -0.463 e. The number of nitrogens with zero attached hydrogens (tertiary/aromatic N) is 2. The zero-order valence-electron chi connectivity index (χ0n) is 16.9. The van der Waals surface area contributed by atoms with Gasteiger partial charge in [-0.1, -0.05) is 36.0 Å². The van der Waals surface area contributed by atoms with E-state index in [2.05, 4.69) is 15.6 Å². The standard InChI is InChI=1S/C21H18N4O5S2/c1-2-30-19(26)17-15(11-31-21-23-14-8-3-4-9-16(14)32-21)22-20(27)24-18(17)12-6-5-7-13(10-12)25(28)29/h3-10,18H,2,11H2,1H3,(H2,22,24,27)/t18-/m1/s1. The van der Waals surface area contributed by atoms with E-state index in [-0.39, 0.29) is 23.6 Å². The number of nitrogens with one attached hydrogen (secondary N) is 2. The Balaban J connectivity index is 1.70. The summed E-state index contributed by atoms with van der Waals surface area (Å²) >= 11 is 2.91. The lowest BCUT2D eigenvalue weighted by molar-refractivity contribution is -0.384. The SMILES string of the molecule is CCOC(=O)C1=C(CSc2nc3ccccc3s2)NC(=O)N[C@@H]1c1cccc([N+](=O)[O-])c1. The Bertz CT molecular complexity index is 1210. The maximum absolute atomic E-state index is 12.8. The maximum Gasteiger partial charge on any atom is 0.338 e. The number of hydrogen-bond acceptors (Lipinski definition) is 8. The molecule has 0 fully saturated rings. The highest BCUT2D eigenvalue weighted by Gasteiger charge is 2.34. The largest absolute Gasteiger partial charge is 0.463 e. The molecule has 0 bridgehead atoms. The summed E-state index contributed by atoms with van der Waals surface area (Å²) in [6.45, 7) is 1.83. The number of thioether (sulfide) groups is 1. The lowest BCUT2D eigenvalue weighted by Gasteiger charge is -2.29. The second-order valence-electron chi connectivity index (χ2n) is 6.73. The van der Waals surface area contributed by atoms with Crippen LogP contribution in [-0.4, -0.2) is 34.3 Å². The average molecular weight is 471 g/mol. The van der Waals surface area contributed by atoms with Crippen LogP contribution in [0.15, 0.2) is 64.1 Å². The van der Waals surface area contributed by atoms with Gasteiger partial charge in [0.25, 0.3) is 5.69 Å². The van der Waals surface area contributed by atoms with Gasteiger partial charge in [-0.05, 0) is 24.6 Å². The van der Waals surface area contributed by atoms with Crippen molar-refractivity contribution in [2.75, 3.05) is 12.4 Å². The van der Waals surface area contributed by atoms with Gasteiger partial charge in [-0.2, -0.15) is 0 Å². The molecule has 3 aromatic rings. The van der Waals surface area contributed by atoms with Crippen molar-refractivity contribution in [2.24, 2.45) is 0 Å². The molecule has 0 saturated heterocycles. The van der Waals surface area contributed by atoms with E-state index in [1.807, 2.05) is 24.3 Å². The number of para-hydroxylation sites is 1. The Labute approximate surface area is 191 Å². The van der Waals surface area contributed by atoms with Gasteiger partial charge >= 0.3 is 12.0 Å². The number of aromatic nitrogens is 1. The van der Waals surface area contributed by atoms with Crippen molar-refractivity contribution in [1.29, 1.82) is 0 Å². The van der Waals surface area contributed by atoms with E-state index in [4.69, 9.17) is 4.74 Å². The molecule has 9 nitrogen and oxygen atoms in total. The highest BCUT2D eigenvalue weighted by Crippen LogP contribution is 2.34. The number of carbonyl (C=O) groups excluding carboxylic acids is 2. The van der Waals surface area contributed by atoms with Crippen LogP contribution in [0.5, 0.6) is 0 Å². The third-order valence-electron chi connectivity index (χ3n) is 4.68. The summed E-state index contributed by atoms with van der Waals surface area (Å²) < 4.78 is 7.07. The third kappa shape index (κ3) is 4.58. The van der Waals surface area contributed by atoms with Crippen LogP contribution in [0.25, 0.3) is 10.2 Å². The van der Waals surface area contributed by atoms with Crippen LogP contribution < -0.4 is 10.6 Å². The van der Waals surface area contributed by atoms with Crippen molar-refractivity contribution in [2.45, 2.75) is 17.3 Å². The molecule has 1 aliphatic heterocycles. The lowest BCUT2D eigenvalue weighted by atomic mass is 9.95. The molecule has 11 heteroatoms. The first-order valence-electron chi connectivity index (χ1n) is 9.66. The molecule has 0 aliphatic carbocycles. The van der Waals surface area contributed by atoms with Crippen molar-refractivity contribution >= 4 is 51.0 Å². The summed E-state index contributed by atoms with van der Waals surface area (Å²) in [6.07, 6.45) is 0. The summed E-state index contributed by atoms with van der Waals surface area (Å²) in [5.41, 5.74) is 1.75. The van der Waals surface area contributed by atoms with Crippen molar-refractivity contribution in [3.8, 4) is 0 Å². The van der Waals surface area contributed by atoms with Gasteiger partial charge in [0.2, 0.25) is 0 Å². The first-order valence-corrected chi connectivity index (χ1v) is 11.5. The highest BCUT2D eigenvalue weighted by molar-refractivity contribution is 8.01. The summed E-state index contributed by atoms with van der Waals surface area (Å²) in [6, 6.07) is 12.2. The molecule has 0 unspecified atom stereocenters. The molecule has 2 N–H and O–H groups in total. The van der Waals surface area contributed by atoms with Gasteiger partial charge in [-0.25, -0.2) is 14.6 Å². The predicted molar refractivity (Wildman–Crippen MR) is 122 cm³/mol. The molecular formula is C21H18N4O5S2. The molecule has 0 saturated carbocycles. The summed E-state index contributed by atoms with van der Waals surface area (Å²) in [5.74, 6) is -0.330. The number of rotatable bonds is 7. The van der Waals surface area contributed by atoms with Crippen molar-refractivity contribution in [1.82, 2.24) is 15.6 Å². The number of non-ortho nitro benzene ring substituents is 1. The molecule has 2 amide bonds. The monoisotopic (exact) mass is 470 g/mol. The highest BCUT2D eigenvalue weighted by atomic mass is 32.2. The minimum absolute atomic E-state index is 0.135. The Morgan fingerprint density at radius 3 is 2.84 bits per heavy atom. The van der Waals surface area contributed by atoms with Crippen LogP contribution in [0.3, 0.4) is 0 Å². The Morgan fingerprint density at radius 2 is 2.09 bits per heavy atom. The topological polar surface area (TPSA) is 123 Å². The fourth-order valence-corrected chi connectivity index (χ4v) is 5.33. The van der Waals surface area contributed by atoms with Crippen molar-refractivity contribution in [3.05, 3.63) is 75.5 Å². The van der Waals surface area contributed by atoms with Crippen molar-refractivity contribution < 1.29 is 19.2 Å². The van der Waals surface area contributed by atoms with E-state index in [0.29, 0.717) is 11.3 Å². The summed E-state index contributed by atoms with van der Waals surface area (Å²) in [4.78, 5) is 40.5. The normalized spacial score (nSPS) is 15.9. The van der Waals surface area contributed by atoms with E-state index >= 15 is 0 Å². The maximum atomic E-state index is 12.8. The lowest BCUT2D eigenvalue weighted by Crippen LogP contribution is -2.46. The number of nitro groups is 1. The second-order valence-corrected chi connectivity index (χ2v) is 8.99. The molecular weight excluding hydrogens is 452 g/mol. The van der Waals surface area contributed by atoms with Gasteiger partial charge in [0.15, 0.2) is 4.34 Å². The van der Waals surface area contributed by atoms with Gasteiger partial charge < -0.3 is 15.4 Å². The molecule has 4 rings (SSSR count).